The molecule has 2 unspecified atom stereocenters. The fourth-order valence-electron chi connectivity index (χ4n) is 9.21. The van der Waals surface area contributed by atoms with Gasteiger partial charge in [-0.2, -0.15) is 0 Å². The van der Waals surface area contributed by atoms with Crippen molar-refractivity contribution < 1.29 is 61.4 Å². The van der Waals surface area contributed by atoms with E-state index >= 15 is 0 Å². The summed E-state index contributed by atoms with van der Waals surface area (Å²) < 4.78 is 8.94. The molecule has 0 amide bonds. The molecule has 0 aromatic heterocycles. The first-order valence-electron chi connectivity index (χ1n) is 18.6. The third-order valence-electron chi connectivity index (χ3n) is 12.4. The van der Waals surface area contributed by atoms with Gasteiger partial charge in [-0.25, -0.2) is 0 Å². The van der Waals surface area contributed by atoms with Crippen molar-refractivity contribution in [1.82, 2.24) is 0 Å². The topological polar surface area (TPSA) is 0 Å². The Kier molecular flexibility index (Phi) is 17.4. The van der Waals surface area contributed by atoms with Gasteiger partial charge in [-0.05, 0) is 0 Å². The molecule has 49 heavy (non-hydrogen) atoms. The monoisotopic (exact) mass is 851 g/mol. The molecule has 0 spiro atoms. The zero-order valence-corrected chi connectivity index (χ0v) is 42.6. The molecule has 0 heterocycles. The number of allylic oxidation sites excluding steroid dienone is 17. The fourth-order valence-corrected chi connectivity index (χ4v) is 54.6. The van der Waals surface area contributed by atoms with Crippen LogP contribution in [0.4, 0.5) is 0 Å². The molecule has 4 aliphatic carbocycles. The smallest absolute Gasteiger partial charge is 1.00 e. The van der Waals surface area contributed by atoms with Gasteiger partial charge < -0.3 is 24.8 Å². The van der Waals surface area contributed by atoms with Crippen molar-refractivity contribution in [1.29, 1.82) is 0 Å². The molecule has 0 bridgehead atoms. The van der Waals surface area contributed by atoms with Crippen molar-refractivity contribution in [3.63, 3.8) is 0 Å². The van der Waals surface area contributed by atoms with E-state index in [4.69, 9.17) is 0 Å². The number of hydrogen-bond acceptors (Lipinski definition) is 0. The SMILES string of the molecule is C=C[CH2][Zr]([C]1=C(C(C)(C)C)C=CC1)([C]1=C(C(C)(C)C)C=CC1)[SiH](C)C.CC1=C(C)C(C)[C]([Ti+2]([C]2=C(C)C(C)=C(C)C2C)[SiH](C)C)=C1C.[Cl-].[Cl-]. The van der Waals surface area contributed by atoms with Crippen LogP contribution in [0.5, 0.6) is 0 Å². The van der Waals surface area contributed by atoms with Crippen molar-refractivity contribution in [2.75, 3.05) is 0 Å². The summed E-state index contributed by atoms with van der Waals surface area (Å²) in [5.74, 6) is 0.591. The molecule has 0 aromatic carbocycles. The van der Waals surface area contributed by atoms with Gasteiger partial charge in [-0.1, -0.05) is 0 Å². The van der Waals surface area contributed by atoms with Gasteiger partial charge >= 0.3 is 308 Å². The summed E-state index contributed by atoms with van der Waals surface area (Å²) in [6.45, 7) is 47.6. The first-order valence-corrected chi connectivity index (χ1v) is 37.1. The molecular weight excluding hydrogens is 783 g/mol. The van der Waals surface area contributed by atoms with Crippen molar-refractivity contribution in [3.05, 3.63) is 95.9 Å². The zero-order valence-electron chi connectivity index (χ0n) is 34.8. The Morgan fingerprint density at radius 1 is 0.694 bits per heavy atom. The Bertz CT molecular complexity index is 1430. The minimum atomic E-state index is -2.68. The molecule has 0 N–H and O–H groups in total. The van der Waals surface area contributed by atoms with Crippen LogP contribution in [0, 0.1) is 22.7 Å². The number of rotatable bonds is 8. The van der Waals surface area contributed by atoms with Crippen molar-refractivity contribution in [2.24, 2.45) is 22.7 Å². The predicted octanol–water partition coefficient (Wildman–Crippen LogP) is 7.36. The second-order valence-electron chi connectivity index (χ2n) is 17.8. The van der Waals surface area contributed by atoms with Crippen LogP contribution in [0.3, 0.4) is 0 Å². The maximum Gasteiger partial charge on any atom is -1.00 e. The van der Waals surface area contributed by atoms with E-state index in [1.165, 1.54) is 17.0 Å². The molecule has 0 saturated carbocycles. The summed E-state index contributed by atoms with van der Waals surface area (Å²) in [7, 11) is 0. The molecule has 0 nitrogen and oxygen atoms in total. The van der Waals surface area contributed by atoms with E-state index in [0.29, 0.717) is 11.8 Å². The van der Waals surface area contributed by atoms with Crippen molar-refractivity contribution >= 4 is 12.6 Å². The Labute approximate surface area is 329 Å². The van der Waals surface area contributed by atoms with Gasteiger partial charge in [0.15, 0.2) is 0 Å². The number of hydrogen-bond donors (Lipinski definition) is 0. The van der Waals surface area contributed by atoms with E-state index in [2.05, 4.69) is 160 Å². The van der Waals surface area contributed by atoms with Crippen molar-refractivity contribution in [3.8, 4) is 0 Å². The second kappa shape index (κ2) is 18.1. The van der Waals surface area contributed by atoms with Crippen LogP contribution < -0.4 is 24.8 Å². The molecular formula is C43H71Cl2Si2TiZr. The Hall–Kier alpha value is 0.271. The second-order valence-corrected chi connectivity index (χ2v) is 56.3. The standard InChI is InChI=1S/4C9H13.C3H5.2C2H7Si.2ClH.Ti.Zr/c2*1-6-5-7(2)9(4)8(6)3;2*1-9(2,3)8-6-4-5-7-8;3*1-3-2;;;;/h2*6H,1-4H3;2*4,6H,5H2,1-3H3;3H,1-2H2;2*3H,1-2H3;2*1H;;/q;;;;;;;;;+2;/p-2. The van der Waals surface area contributed by atoms with Crippen LogP contribution in [0.15, 0.2) is 95.9 Å². The van der Waals surface area contributed by atoms with Gasteiger partial charge in [0.05, 0.1) is 0 Å². The molecule has 2 atom stereocenters. The molecule has 0 saturated heterocycles. The minimum Gasteiger partial charge on any atom is -1.00 e. The molecule has 0 aromatic rings. The first-order chi connectivity index (χ1) is 21.6. The average Bonchev–Trinajstić information content (AvgIpc) is 3.74. The normalized spacial score (nSPS) is 21.5. The molecule has 273 valence electrons. The zero-order chi connectivity index (χ0) is 36.0. The van der Waals surface area contributed by atoms with Crippen LogP contribution in [-0.4, -0.2) is 12.6 Å². The van der Waals surface area contributed by atoms with Gasteiger partial charge in [0.25, 0.3) is 0 Å². The van der Waals surface area contributed by atoms with Crippen LogP contribution in [0.1, 0.15) is 110 Å². The van der Waals surface area contributed by atoms with E-state index in [1.54, 1.807) is 44.6 Å². The largest absolute Gasteiger partial charge is 1.00 e. The predicted molar refractivity (Wildman–Crippen MR) is 214 cm³/mol. The van der Waals surface area contributed by atoms with E-state index in [9.17, 15) is 0 Å². The Morgan fingerprint density at radius 2 is 1.04 bits per heavy atom. The maximum absolute atomic E-state index is 4.23. The molecule has 6 heteroatoms. The van der Waals surface area contributed by atoms with Gasteiger partial charge in [0.2, 0.25) is 0 Å². The summed E-state index contributed by atoms with van der Waals surface area (Å²) >= 11 is -4.00. The molecule has 4 aliphatic rings. The molecule has 0 fully saturated rings. The summed E-state index contributed by atoms with van der Waals surface area (Å²) in [6, 6.07) is 0. The third kappa shape index (κ3) is 9.15. The van der Waals surface area contributed by atoms with Crippen LogP contribution >= 0.6 is 0 Å². The van der Waals surface area contributed by atoms with Gasteiger partial charge in [-0.3, -0.25) is 0 Å². The van der Waals surface area contributed by atoms with E-state index in [0.717, 1.165) is 0 Å². The quantitative estimate of drug-likeness (QED) is 0.177. The minimum absolute atomic E-state index is 0. The van der Waals surface area contributed by atoms with Crippen LogP contribution in [0.25, 0.3) is 0 Å². The van der Waals surface area contributed by atoms with Crippen molar-refractivity contribution in [2.45, 2.75) is 140 Å². The molecule has 0 radical (unpaired) electrons. The average molecular weight is 854 g/mol. The van der Waals surface area contributed by atoms with Gasteiger partial charge in [-0.15, -0.1) is 0 Å². The third-order valence-corrected chi connectivity index (χ3v) is 57.9. The fraction of sp³-hybridized carbons (Fsp3) is 0.581. The van der Waals surface area contributed by atoms with Gasteiger partial charge in [0.1, 0.15) is 0 Å². The maximum atomic E-state index is 4.23. The van der Waals surface area contributed by atoms with E-state index < -0.39 is 49.1 Å². The van der Waals surface area contributed by atoms with Crippen LogP contribution in [0.2, 0.25) is 30.3 Å². The molecule has 0 aliphatic heterocycles. The first kappa shape index (κ1) is 47.3. The molecule has 4 rings (SSSR count). The van der Waals surface area contributed by atoms with E-state index in [1.807, 2.05) is 14.3 Å². The van der Waals surface area contributed by atoms with Gasteiger partial charge in [0, 0.05) is 0 Å². The summed E-state index contributed by atoms with van der Waals surface area (Å²) in [5.41, 5.74) is 13.6. The Morgan fingerprint density at radius 3 is 1.27 bits per heavy atom. The summed E-state index contributed by atoms with van der Waals surface area (Å²) in [6.07, 6.45) is 14.5. The van der Waals surface area contributed by atoms with E-state index in [-0.39, 0.29) is 35.6 Å². The Balaban J connectivity index is 0.000000474. The van der Waals surface area contributed by atoms with Crippen LogP contribution in [-0.2, 0) is 36.6 Å². The summed E-state index contributed by atoms with van der Waals surface area (Å²) in [5, 5.41) is 0. The number of halogens is 2. The summed E-state index contributed by atoms with van der Waals surface area (Å²) in [4.78, 5) is 0.